The number of rotatable bonds is 1. The number of hydrogen-bond donors (Lipinski definition) is 1. The molecule has 1 aliphatic rings. The van der Waals surface area contributed by atoms with E-state index in [1.54, 1.807) is 0 Å². The van der Waals surface area contributed by atoms with E-state index in [0.717, 1.165) is 18.8 Å². The third-order valence-corrected chi connectivity index (χ3v) is 3.25. The van der Waals surface area contributed by atoms with Crippen molar-refractivity contribution in [3.63, 3.8) is 0 Å². The molecule has 17 heavy (non-hydrogen) atoms. The van der Waals surface area contributed by atoms with E-state index in [2.05, 4.69) is 28.9 Å². The van der Waals surface area contributed by atoms with Crippen LogP contribution in [0.3, 0.4) is 0 Å². The number of nitrogens with two attached hydrogens (primary N) is 1. The van der Waals surface area contributed by atoms with Crippen molar-refractivity contribution in [3.8, 4) is 0 Å². The van der Waals surface area contributed by atoms with Crippen molar-refractivity contribution < 1.29 is 0 Å². The first-order valence-electron chi connectivity index (χ1n) is 5.84. The summed E-state index contributed by atoms with van der Waals surface area (Å²) in [7, 11) is 0. The lowest BCUT2D eigenvalue weighted by Gasteiger charge is -2.18. The van der Waals surface area contributed by atoms with Gasteiger partial charge in [0.25, 0.3) is 0 Å². The standard InChI is InChI=1S/C14H15N3/c1-10-9-13(15)16-14-12(10)7-8-17(14)11-5-3-2-4-6-11/h2-6,9H,7-8H2,1H3,(H2,15,16). The molecule has 3 rings (SSSR count). The van der Waals surface area contributed by atoms with Crippen molar-refractivity contribution in [1.82, 2.24) is 4.98 Å². The molecule has 1 aliphatic heterocycles. The van der Waals surface area contributed by atoms with Crippen LogP contribution in [-0.2, 0) is 6.42 Å². The van der Waals surface area contributed by atoms with E-state index in [1.807, 2.05) is 24.3 Å². The van der Waals surface area contributed by atoms with E-state index >= 15 is 0 Å². The molecule has 1 aromatic heterocycles. The zero-order chi connectivity index (χ0) is 11.8. The highest BCUT2D eigenvalue weighted by atomic mass is 15.2. The number of aromatic nitrogens is 1. The monoisotopic (exact) mass is 225 g/mol. The van der Waals surface area contributed by atoms with Gasteiger partial charge in [0.05, 0.1) is 0 Å². The fourth-order valence-corrected chi connectivity index (χ4v) is 2.43. The molecule has 2 aromatic rings. The SMILES string of the molecule is Cc1cc(N)nc2c1CCN2c1ccccc1. The zero-order valence-electron chi connectivity index (χ0n) is 9.85. The van der Waals surface area contributed by atoms with Crippen molar-refractivity contribution in [3.05, 3.63) is 47.5 Å². The molecule has 86 valence electrons. The van der Waals surface area contributed by atoms with Crippen molar-refractivity contribution >= 4 is 17.3 Å². The van der Waals surface area contributed by atoms with E-state index in [1.165, 1.54) is 16.8 Å². The lowest BCUT2D eigenvalue weighted by atomic mass is 10.1. The smallest absolute Gasteiger partial charge is 0.138 e. The highest BCUT2D eigenvalue weighted by Crippen LogP contribution is 2.35. The Bertz CT molecular complexity index is 549. The summed E-state index contributed by atoms with van der Waals surface area (Å²) in [4.78, 5) is 6.71. The average Bonchev–Trinajstić information content (AvgIpc) is 2.74. The van der Waals surface area contributed by atoms with Crippen molar-refractivity contribution in [2.45, 2.75) is 13.3 Å². The number of fused-ring (bicyclic) bond motifs is 1. The molecule has 0 spiro atoms. The van der Waals surface area contributed by atoms with Crippen LogP contribution in [0.4, 0.5) is 17.3 Å². The Labute approximate surface area is 101 Å². The first kappa shape index (κ1) is 10.1. The Morgan fingerprint density at radius 1 is 1.24 bits per heavy atom. The molecule has 0 saturated carbocycles. The van der Waals surface area contributed by atoms with Crippen LogP contribution in [0.5, 0.6) is 0 Å². The van der Waals surface area contributed by atoms with Crippen molar-refractivity contribution in [2.75, 3.05) is 17.2 Å². The number of benzene rings is 1. The van der Waals surface area contributed by atoms with E-state index in [-0.39, 0.29) is 0 Å². The highest BCUT2D eigenvalue weighted by Gasteiger charge is 2.23. The average molecular weight is 225 g/mol. The molecule has 0 saturated heterocycles. The molecule has 0 aliphatic carbocycles. The fraction of sp³-hybridized carbons (Fsp3) is 0.214. The minimum absolute atomic E-state index is 0.601. The minimum Gasteiger partial charge on any atom is -0.384 e. The van der Waals surface area contributed by atoms with Gasteiger partial charge < -0.3 is 10.6 Å². The number of pyridine rings is 1. The molecule has 0 fully saturated rings. The Morgan fingerprint density at radius 3 is 2.76 bits per heavy atom. The van der Waals surface area contributed by atoms with Gasteiger partial charge in [-0.1, -0.05) is 18.2 Å². The third-order valence-electron chi connectivity index (χ3n) is 3.25. The maximum atomic E-state index is 5.83. The van der Waals surface area contributed by atoms with Crippen LogP contribution in [0, 0.1) is 6.92 Å². The molecule has 0 bridgehead atoms. The number of aryl methyl sites for hydroxylation is 1. The molecule has 3 nitrogen and oxygen atoms in total. The van der Waals surface area contributed by atoms with Gasteiger partial charge >= 0.3 is 0 Å². The van der Waals surface area contributed by atoms with E-state index in [9.17, 15) is 0 Å². The highest BCUT2D eigenvalue weighted by molar-refractivity contribution is 5.69. The third kappa shape index (κ3) is 1.64. The van der Waals surface area contributed by atoms with Crippen molar-refractivity contribution in [2.24, 2.45) is 0 Å². The summed E-state index contributed by atoms with van der Waals surface area (Å²) in [5.41, 5.74) is 9.58. The van der Waals surface area contributed by atoms with Gasteiger partial charge in [-0.2, -0.15) is 0 Å². The number of anilines is 3. The molecule has 3 heteroatoms. The second-order valence-corrected chi connectivity index (χ2v) is 4.40. The van der Waals surface area contributed by atoms with Crippen LogP contribution < -0.4 is 10.6 Å². The van der Waals surface area contributed by atoms with Gasteiger partial charge in [-0.25, -0.2) is 4.98 Å². The molecular formula is C14H15N3. The summed E-state index contributed by atoms with van der Waals surface area (Å²) in [6, 6.07) is 12.3. The Balaban J connectivity index is 2.10. The van der Waals surface area contributed by atoms with Gasteiger partial charge in [0.15, 0.2) is 0 Å². The van der Waals surface area contributed by atoms with Crippen molar-refractivity contribution in [1.29, 1.82) is 0 Å². The van der Waals surface area contributed by atoms with Gasteiger partial charge in [-0.3, -0.25) is 0 Å². The number of nitrogens with zero attached hydrogens (tertiary/aromatic N) is 2. The van der Waals surface area contributed by atoms with Crippen LogP contribution in [0.25, 0.3) is 0 Å². The van der Waals surface area contributed by atoms with Crippen LogP contribution >= 0.6 is 0 Å². The molecule has 0 radical (unpaired) electrons. The lowest BCUT2D eigenvalue weighted by Crippen LogP contribution is -2.14. The predicted octanol–water partition coefficient (Wildman–Crippen LogP) is 2.67. The molecule has 2 N–H and O–H groups in total. The van der Waals surface area contributed by atoms with Gasteiger partial charge in [0, 0.05) is 12.2 Å². The molecule has 1 aromatic carbocycles. The van der Waals surface area contributed by atoms with Gasteiger partial charge in [0.1, 0.15) is 11.6 Å². The van der Waals surface area contributed by atoms with Gasteiger partial charge in [-0.05, 0) is 42.7 Å². The maximum absolute atomic E-state index is 5.83. The van der Waals surface area contributed by atoms with E-state index in [0.29, 0.717) is 5.82 Å². The number of nitrogen functional groups attached to an aromatic ring is 1. The van der Waals surface area contributed by atoms with E-state index < -0.39 is 0 Å². The largest absolute Gasteiger partial charge is 0.384 e. The summed E-state index contributed by atoms with van der Waals surface area (Å²) in [5, 5.41) is 0. The first-order chi connectivity index (χ1) is 8.25. The van der Waals surface area contributed by atoms with Gasteiger partial charge in [-0.15, -0.1) is 0 Å². The molecule has 0 atom stereocenters. The molecule has 0 amide bonds. The summed E-state index contributed by atoms with van der Waals surface area (Å²) in [5.74, 6) is 1.62. The summed E-state index contributed by atoms with van der Waals surface area (Å²) < 4.78 is 0. The number of para-hydroxylation sites is 1. The summed E-state index contributed by atoms with van der Waals surface area (Å²) in [6.45, 7) is 3.09. The predicted molar refractivity (Wildman–Crippen MR) is 70.5 cm³/mol. The Morgan fingerprint density at radius 2 is 2.00 bits per heavy atom. The Kier molecular flexibility index (Phi) is 2.25. The maximum Gasteiger partial charge on any atom is 0.138 e. The minimum atomic E-state index is 0.601. The molecule has 2 heterocycles. The Hall–Kier alpha value is -2.03. The topological polar surface area (TPSA) is 42.1 Å². The normalized spacial score (nSPS) is 13.8. The molecular weight excluding hydrogens is 210 g/mol. The fourth-order valence-electron chi connectivity index (χ4n) is 2.43. The van der Waals surface area contributed by atoms with Crippen LogP contribution in [0.1, 0.15) is 11.1 Å². The zero-order valence-corrected chi connectivity index (χ0v) is 9.85. The summed E-state index contributed by atoms with van der Waals surface area (Å²) >= 11 is 0. The second-order valence-electron chi connectivity index (χ2n) is 4.40. The lowest BCUT2D eigenvalue weighted by molar-refractivity contribution is 0.988. The molecule has 0 unspecified atom stereocenters. The van der Waals surface area contributed by atoms with Crippen LogP contribution in [0.15, 0.2) is 36.4 Å². The van der Waals surface area contributed by atoms with Gasteiger partial charge in [0.2, 0.25) is 0 Å². The number of hydrogen-bond acceptors (Lipinski definition) is 3. The second kappa shape index (κ2) is 3.77. The van der Waals surface area contributed by atoms with Crippen LogP contribution in [0.2, 0.25) is 0 Å². The van der Waals surface area contributed by atoms with E-state index in [4.69, 9.17) is 5.73 Å². The summed E-state index contributed by atoms with van der Waals surface area (Å²) in [6.07, 6.45) is 1.04. The quantitative estimate of drug-likeness (QED) is 0.811. The van der Waals surface area contributed by atoms with Crippen LogP contribution in [-0.4, -0.2) is 11.5 Å². The first-order valence-corrected chi connectivity index (χ1v) is 5.84.